The van der Waals surface area contributed by atoms with Crippen molar-refractivity contribution >= 4 is 27.5 Å². The van der Waals surface area contributed by atoms with Gasteiger partial charge in [0.25, 0.3) is 0 Å². The van der Waals surface area contributed by atoms with E-state index in [1.165, 1.54) is 0 Å². The zero-order valence-electron chi connectivity index (χ0n) is 11.7. The lowest BCUT2D eigenvalue weighted by atomic mass is 10.1. The summed E-state index contributed by atoms with van der Waals surface area (Å²) in [4.78, 5) is 0. The van der Waals surface area contributed by atoms with Gasteiger partial charge < -0.3 is 10.5 Å². The Bertz CT molecular complexity index is 617. The van der Waals surface area contributed by atoms with E-state index in [9.17, 15) is 0 Å². The molecule has 0 aromatic heterocycles. The Hall–Kier alpha value is -1.03. The van der Waals surface area contributed by atoms with Gasteiger partial charge in [-0.3, -0.25) is 0 Å². The first-order valence-electron chi connectivity index (χ1n) is 6.38. The van der Waals surface area contributed by atoms with Crippen molar-refractivity contribution in [2.75, 3.05) is 0 Å². The summed E-state index contributed by atoms with van der Waals surface area (Å²) < 4.78 is 6.80. The number of nitrogens with two attached hydrogens (primary N) is 1. The summed E-state index contributed by atoms with van der Waals surface area (Å²) in [6, 6.07) is 9.74. The van der Waals surface area contributed by atoms with E-state index >= 15 is 0 Å². The third-order valence-corrected chi connectivity index (χ3v) is 4.34. The monoisotopic (exact) mass is 353 g/mol. The number of aryl methyl sites for hydroxylation is 2. The molecule has 4 heteroatoms. The summed E-state index contributed by atoms with van der Waals surface area (Å²) >= 11 is 9.68. The molecule has 0 aliphatic carbocycles. The molecular formula is C16H17BrClNO. The van der Waals surface area contributed by atoms with Crippen molar-refractivity contribution in [2.24, 2.45) is 5.73 Å². The minimum absolute atomic E-state index is 0.000343. The summed E-state index contributed by atoms with van der Waals surface area (Å²) in [5.74, 6) is 1.54. The van der Waals surface area contributed by atoms with Gasteiger partial charge in [0, 0.05) is 11.1 Å². The summed E-state index contributed by atoms with van der Waals surface area (Å²) in [5, 5.41) is 0.781. The van der Waals surface area contributed by atoms with Crippen molar-refractivity contribution in [2.45, 2.75) is 26.8 Å². The van der Waals surface area contributed by atoms with Gasteiger partial charge in [0.15, 0.2) is 0 Å². The molecule has 0 radical (unpaired) electrons. The van der Waals surface area contributed by atoms with Crippen LogP contribution in [0.3, 0.4) is 0 Å². The number of rotatable bonds is 3. The van der Waals surface area contributed by atoms with Crippen LogP contribution in [0.1, 0.15) is 29.7 Å². The van der Waals surface area contributed by atoms with Crippen LogP contribution >= 0.6 is 27.5 Å². The molecule has 106 valence electrons. The molecule has 2 N–H and O–H groups in total. The summed E-state index contributed by atoms with van der Waals surface area (Å²) in [7, 11) is 0. The van der Waals surface area contributed by atoms with Crippen LogP contribution in [-0.2, 0) is 0 Å². The summed E-state index contributed by atoms with van der Waals surface area (Å²) in [6.45, 7) is 5.89. The topological polar surface area (TPSA) is 35.2 Å². The van der Waals surface area contributed by atoms with Crippen LogP contribution in [-0.4, -0.2) is 0 Å². The quantitative estimate of drug-likeness (QED) is 0.786. The fraction of sp³-hybridized carbons (Fsp3) is 0.250. The lowest BCUT2D eigenvalue weighted by molar-refractivity contribution is 0.478. The molecule has 2 aromatic rings. The fourth-order valence-electron chi connectivity index (χ4n) is 1.98. The summed E-state index contributed by atoms with van der Waals surface area (Å²) in [5.41, 5.74) is 8.94. The van der Waals surface area contributed by atoms with Gasteiger partial charge in [0.05, 0.1) is 4.47 Å². The third-order valence-electron chi connectivity index (χ3n) is 3.12. The highest BCUT2D eigenvalue weighted by Gasteiger charge is 2.09. The van der Waals surface area contributed by atoms with E-state index in [0.717, 1.165) is 37.7 Å². The van der Waals surface area contributed by atoms with Crippen LogP contribution in [0.15, 0.2) is 34.8 Å². The molecule has 0 aliphatic rings. The number of benzene rings is 2. The first kappa shape index (κ1) is 15.4. The molecule has 2 rings (SSSR count). The Morgan fingerprint density at radius 1 is 1.15 bits per heavy atom. The molecule has 0 fully saturated rings. The van der Waals surface area contributed by atoms with Gasteiger partial charge in [0.1, 0.15) is 11.5 Å². The second kappa shape index (κ2) is 6.17. The standard InChI is InChI=1S/C16H17BrClNO/c1-9-6-13(7-10(2)16(9)18)20-15-5-4-12(11(3)19)8-14(15)17/h4-8,11H,19H2,1-3H3. The maximum absolute atomic E-state index is 6.16. The highest BCUT2D eigenvalue weighted by Crippen LogP contribution is 2.34. The molecule has 0 aliphatic heterocycles. The van der Waals surface area contributed by atoms with Crippen LogP contribution in [0, 0.1) is 13.8 Å². The normalized spacial score (nSPS) is 12.3. The average Bonchev–Trinajstić information content (AvgIpc) is 2.38. The molecule has 20 heavy (non-hydrogen) atoms. The van der Waals surface area contributed by atoms with Gasteiger partial charge in [-0.05, 0) is 77.7 Å². The van der Waals surface area contributed by atoms with Gasteiger partial charge in [-0.15, -0.1) is 0 Å². The average molecular weight is 355 g/mol. The molecule has 0 amide bonds. The number of ether oxygens (including phenoxy) is 1. The Morgan fingerprint density at radius 3 is 2.25 bits per heavy atom. The van der Waals surface area contributed by atoms with E-state index < -0.39 is 0 Å². The first-order chi connectivity index (χ1) is 9.38. The van der Waals surface area contributed by atoms with Crippen molar-refractivity contribution < 1.29 is 4.74 Å². The molecule has 0 saturated heterocycles. The minimum Gasteiger partial charge on any atom is -0.456 e. The zero-order valence-corrected chi connectivity index (χ0v) is 14.0. The van der Waals surface area contributed by atoms with E-state index in [4.69, 9.17) is 22.1 Å². The van der Waals surface area contributed by atoms with Crippen LogP contribution in [0.4, 0.5) is 0 Å². The SMILES string of the molecule is Cc1cc(Oc2ccc(C(C)N)cc2Br)cc(C)c1Cl. The maximum atomic E-state index is 6.16. The molecule has 2 nitrogen and oxygen atoms in total. The van der Waals surface area contributed by atoms with Crippen molar-refractivity contribution in [3.63, 3.8) is 0 Å². The maximum Gasteiger partial charge on any atom is 0.141 e. The third kappa shape index (κ3) is 3.35. The van der Waals surface area contributed by atoms with E-state index in [2.05, 4.69) is 15.9 Å². The Morgan fingerprint density at radius 2 is 1.75 bits per heavy atom. The molecule has 2 aromatic carbocycles. The number of hydrogen-bond acceptors (Lipinski definition) is 2. The highest BCUT2D eigenvalue weighted by atomic mass is 79.9. The number of hydrogen-bond donors (Lipinski definition) is 1. The first-order valence-corrected chi connectivity index (χ1v) is 7.55. The molecule has 0 spiro atoms. The van der Waals surface area contributed by atoms with E-state index in [0.29, 0.717) is 0 Å². The fourth-order valence-corrected chi connectivity index (χ4v) is 2.56. The molecule has 1 atom stereocenters. The predicted molar refractivity (Wildman–Crippen MR) is 87.7 cm³/mol. The van der Waals surface area contributed by atoms with Gasteiger partial charge in [0.2, 0.25) is 0 Å². The van der Waals surface area contributed by atoms with Crippen LogP contribution in [0.2, 0.25) is 5.02 Å². The van der Waals surface area contributed by atoms with Crippen molar-refractivity contribution in [1.82, 2.24) is 0 Å². The smallest absolute Gasteiger partial charge is 0.141 e. The molecule has 0 saturated carbocycles. The lowest BCUT2D eigenvalue weighted by Gasteiger charge is -2.13. The second-order valence-electron chi connectivity index (χ2n) is 4.95. The number of halogens is 2. The van der Waals surface area contributed by atoms with Gasteiger partial charge >= 0.3 is 0 Å². The molecule has 1 unspecified atom stereocenters. The van der Waals surface area contributed by atoms with Gasteiger partial charge in [-0.2, -0.15) is 0 Å². The second-order valence-corrected chi connectivity index (χ2v) is 6.18. The zero-order chi connectivity index (χ0) is 14.9. The molecular weight excluding hydrogens is 338 g/mol. The molecule has 0 heterocycles. The van der Waals surface area contributed by atoms with Crippen molar-refractivity contribution in [3.8, 4) is 11.5 Å². The lowest BCUT2D eigenvalue weighted by Crippen LogP contribution is -2.04. The van der Waals surface area contributed by atoms with Gasteiger partial charge in [-0.25, -0.2) is 0 Å². The van der Waals surface area contributed by atoms with E-state index in [-0.39, 0.29) is 6.04 Å². The molecule has 0 bridgehead atoms. The largest absolute Gasteiger partial charge is 0.456 e. The Balaban J connectivity index is 2.31. The van der Waals surface area contributed by atoms with Crippen molar-refractivity contribution in [3.05, 3.63) is 56.5 Å². The van der Waals surface area contributed by atoms with E-state index in [1.54, 1.807) is 0 Å². The van der Waals surface area contributed by atoms with Crippen LogP contribution in [0.5, 0.6) is 11.5 Å². The van der Waals surface area contributed by atoms with Gasteiger partial charge in [-0.1, -0.05) is 17.7 Å². The van der Waals surface area contributed by atoms with Crippen LogP contribution < -0.4 is 10.5 Å². The Kier molecular flexibility index (Phi) is 4.74. The van der Waals surface area contributed by atoms with Crippen molar-refractivity contribution in [1.29, 1.82) is 0 Å². The highest BCUT2D eigenvalue weighted by molar-refractivity contribution is 9.10. The Labute approximate surface area is 133 Å². The minimum atomic E-state index is 0.000343. The van der Waals surface area contributed by atoms with E-state index in [1.807, 2.05) is 51.1 Å². The van der Waals surface area contributed by atoms with Crippen LogP contribution in [0.25, 0.3) is 0 Å². The summed E-state index contributed by atoms with van der Waals surface area (Å²) in [6.07, 6.45) is 0. The predicted octanol–water partition coefficient (Wildman–Crippen LogP) is 5.53.